The normalized spacial score (nSPS) is 13.5. The molecule has 36 heavy (non-hydrogen) atoms. The Labute approximate surface area is 215 Å². The molecule has 3 aromatic carbocycles. The Balaban J connectivity index is 1.45. The van der Waals surface area contributed by atoms with Gasteiger partial charge in [0.25, 0.3) is 0 Å². The summed E-state index contributed by atoms with van der Waals surface area (Å²) in [5, 5.41) is 0. The van der Waals surface area contributed by atoms with Gasteiger partial charge in [-0.15, -0.1) is 0 Å². The average molecular weight is 509 g/mol. The molecule has 4 rings (SSSR count). The Bertz CT molecular complexity index is 1190. The van der Waals surface area contributed by atoms with Crippen LogP contribution in [0, 0.1) is 5.41 Å². The fourth-order valence-corrected chi connectivity index (χ4v) is 6.12. The van der Waals surface area contributed by atoms with Crippen LogP contribution in [0.5, 0.6) is 11.5 Å². The molecule has 0 bridgehead atoms. The van der Waals surface area contributed by atoms with Crippen molar-refractivity contribution in [1.29, 1.82) is 0 Å². The summed E-state index contributed by atoms with van der Waals surface area (Å²) < 4.78 is 39.3. The first-order chi connectivity index (χ1) is 17.3. The molecule has 0 amide bonds. The molecule has 0 fully saturated rings. The van der Waals surface area contributed by atoms with Crippen molar-refractivity contribution < 1.29 is 17.9 Å². The van der Waals surface area contributed by atoms with Crippen LogP contribution in [0.25, 0.3) is 0 Å². The van der Waals surface area contributed by atoms with Crippen molar-refractivity contribution in [3.8, 4) is 11.5 Å². The maximum absolute atomic E-state index is 13.5. The summed E-state index contributed by atoms with van der Waals surface area (Å²) in [5.41, 5.74) is 2.32. The number of nitrogens with zero attached hydrogens (tertiary/aromatic N) is 2. The lowest BCUT2D eigenvalue weighted by molar-refractivity contribution is 0.174. The molecule has 0 aliphatic carbocycles. The van der Waals surface area contributed by atoms with Gasteiger partial charge in [0.15, 0.2) is 11.5 Å². The van der Waals surface area contributed by atoms with Crippen LogP contribution in [0.3, 0.4) is 0 Å². The second-order valence-electron chi connectivity index (χ2n) is 10.0. The van der Waals surface area contributed by atoms with E-state index in [4.69, 9.17) is 9.47 Å². The highest BCUT2D eigenvalue weighted by atomic mass is 32.2. The van der Waals surface area contributed by atoms with E-state index in [1.54, 1.807) is 22.5 Å². The van der Waals surface area contributed by atoms with Crippen molar-refractivity contribution in [1.82, 2.24) is 9.21 Å². The van der Waals surface area contributed by atoms with Gasteiger partial charge in [0.2, 0.25) is 16.8 Å². The molecular formula is C29H36N2O4S. The molecule has 0 atom stereocenters. The number of rotatable bonds is 12. The fourth-order valence-electron chi connectivity index (χ4n) is 4.47. The van der Waals surface area contributed by atoms with Gasteiger partial charge in [-0.25, -0.2) is 8.42 Å². The van der Waals surface area contributed by atoms with Gasteiger partial charge in [-0.3, -0.25) is 4.90 Å². The molecule has 0 unspecified atom stereocenters. The van der Waals surface area contributed by atoms with Crippen LogP contribution in [0.2, 0.25) is 0 Å². The zero-order valence-corrected chi connectivity index (χ0v) is 22.2. The lowest BCUT2D eigenvalue weighted by Crippen LogP contribution is -2.40. The summed E-state index contributed by atoms with van der Waals surface area (Å²) in [4.78, 5) is 2.67. The maximum Gasteiger partial charge on any atom is 0.243 e. The van der Waals surface area contributed by atoms with Crippen LogP contribution in [0.4, 0.5) is 0 Å². The maximum atomic E-state index is 13.5. The van der Waals surface area contributed by atoms with Crippen LogP contribution in [0.15, 0.2) is 83.8 Å². The van der Waals surface area contributed by atoms with Crippen molar-refractivity contribution in [3.05, 3.63) is 90.0 Å². The summed E-state index contributed by atoms with van der Waals surface area (Å²) in [6.07, 6.45) is 0.861. The van der Waals surface area contributed by atoms with Gasteiger partial charge in [-0.05, 0) is 41.6 Å². The quantitative estimate of drug-likeness (QED) is 0.321. The molecule has 192 valence electrons. The number of benzene rings is 3. The van der Waals surface area contributed by atoms with Crippen LogP contribution in [-0.4, -0.2) is 44.1 Å². The van der Waals surface area contributed by atoms with E-state index in [0.717, 1.165) is 26.1 Å². The highest BCUT2D eigenvalue weighted by molar-refractivity contribution is 7.89. The van der Waals surface area contributed by atoms with E-state index < -0.39 is 10.0 Å². The highest BCUT2D eigenvalue weighted by Crippen LogP contribution is 2.35. The van der Waals surface area contributed by atoms with Gasteiger partial charge in [0.1, 0.15) is 0 Å². The molecule has 1 aliphatic rings. The molecule has 7 heteroatoms. The third-order valence-corrected chi connectivity index (χ3v) is 8.46. The predicted octanol–water partition coefficient (Wildman–Crippen LogP) is 5.54. The highest BCUT2D eigenvalue weighted by Gasteiger charge is 2.31. The number of sulfonamides is 1. The Hall–Kier alpha value is -2.87. The number of hydrogen-bond acceptors (Lipinski definition) is 5. The Kier molecular flexibility index (Phi) is 8.34. The summed E-state index contributed by atoms with van der Waals surface area (Å²) >= 11 is 0. The average Bonchev–Trinajstić information content (AvgIpc) is 3.35. The summed E-state index contributed by atoms with van der Waals surface area (Å²) in [5.74, 6) is 1.05. The number of hydrogen-bond donors (Lipinski definition) is 0. The molecule has 0 radical (unpaired) electrons. The van der Waals surface area contributed by atoms with Gasteiger partial charge >= 0.3 is 0 Å². The number of fused-ring (bicyclic) bond motifs is 1. The zero-order chi connectivity index (χ0) is 25.6. The second kappa shape index (κ2) is 11.5. The molecule has 0 aromatic heterocycles. The lowest BCUT2D eigenvalue weighted by atomic mass is 9.89. The molecule has 0 spiro atoms. The third-order valence-electron chi connectivity index (χ3n) is 6.54. The molecule has 3 aromatic rings. The molecular weight excluding hydrogens is 472 g/mol. The summed E-state index contributed by atoms with van der Waals surface area (Å²) in [6.45, 7) is 9.68. The van der Waals surface area contributed by atoms with Crippen molar-refractivity contribution in [2.75, 3.05) is 26.4 Å². The van der Waals surface area contributed by atoms with E-state index in [9.17, 15) is 8.42 Å². The van der Waals surface area contributed by atoms with Crippen molar-refractivity contribution in [2.24, 2.45) is 5.41 Å². The lowest BCUT2D eigenvalue weighted by Gasteiger charge is -2.34. The van der Waals surface area contributed by atoms with Crippen LogP contribution < -0.4 is 9.47 Å². The van der Waals surface area contributed by atoms with Crippen molar-refractivity contribution in [2.45, 2.75) is 45.2 Å². The molecule has 0 N–H and O–H groups in total. The van der Waals surface area contributed by atoms with E-state index in [2.05, 4.69) is 67.3 Å². The largest absolute Gasteiger partial charge is 0.454 e. The third kappa shape index (κ3) is 6.66. The molecule has 6 nitrogen and oxygen atoms in total. The summed E-state index contributed by atoms with van der Waals surface area (Å²) in [7, 11) is -3.66. The van der Waals surface area contributed by atoms with Gasteiger partial charge in [0, 0.05) is 32.2 Å². The first-order valence-corrected chi connectivity index (χ1v) is 13.9. The molecule has 1 heterocycles. The molecule has 1 aliphatic heterocycles. The van der Waals surface area contributed by atoms with Gasteiger partial charge in [-0.2, -0.15) is 4.31 Å². The topological polar surface area (TPSA) is 59.1 Å². The first-order valence-electron chi connectivity index (χ1n) is 12.5. The Morgan fingerprint density at radius 1 is 0.833 bits per heavy atom. The van der Waals surface area contributed by atoms with Gasteiger partial charge < -0.3 is 9.47 Å². The molecule has 0 saturated heterocycles. The minimum absolute atomic E-state index is 0.117. The minimum Gasteiger partial charge on any atom is -0.454 e. The minimum atomic E-state index is -3.66. The van der Waals surface area contributed by atoms with Crippen LogP contribution in [0.1, 0.15) is 38.3 Å². The van der Waals surface area contributed by atoms with Crippen molar-refractivity contribution >= 4 is 10.0 Å². The standard InChI is InChI=1S/C29H36N2O4S/c1-4-31(36(32,33)26-15-16-27-28(19-26)35-23-34-27)22-29(2,3)17-18-30(20-24-11-7-5-8-12-24)21-25-13-9-6-10-14-25/h5-16,19H,4,17-18,20-23H2,1-3H3. The van der Waals surface area contributed by atoms with E-state index >= 15 is 0 Å². The Morgan fingerprint density at radius 3 is 2.00 bits per heavy atom. The Morgan fingerprint density at radius 2 is 1.42 bits per heavy atom. The monoisotopic (exact) mass is 508 g/mol. The second-order valence-corrected chi connectivity index (χ2v) is 12.0. The van der Waals surface area contributed by atoms with Crippen molar-refractivity contribution in [3.63, 3.8) is 0 Å². The zero-order valence-electron chi connectivity index (χ0n) is 21.4. The van der Waals surface area contributed by atoms with E-state index in [0.29, 0.717) is 24.6 Å². The van der Waals surface area contributed by atoms with E-state index in [-0.39, 0.29) is 17.1 Å². The molecule has 0 saturated carbocycles. The van der Waals surface area contributed by atoms with E-state index in [1.165, 1.54) is 11.1 Å². The SMILES string of the molecule is CCN(CC(C)(C)CCN(Cc1ccccc1)Cc1ccccc1)S(=O)(=O)c1ccc2c(c1)OCO2. The predicted molar refractivity (Wildman–Crippen MR) is 142 cm³/mol. The fraction of sp³-hybridized carbons (Fsp3) is 0.379. The van der Waals surface area contributed by atoms with E-state index in [1.807, 2.05) is 19.1 Å². The van der Waals surface area contributed by atoms with Gasteiger partial charge in [0.05, 0.1) is 4.90 Å². The van der Waals surface area contributed by atoms with Crippen LogP contribution >= 0.6 is 0 Å². The first kappa shape index (κ1) is 26.2. The smallest absolute Gasteiger partial charge is 0.243 e. The summed E-state index contributed by atoms with van der Waals surface area (Å²) in [6, 6.07) is 25.8. The van der Waals surface area contributed by atoms with Gasteiger partial charge in [-0.1, -0.05) is 81.4 Å². The number of ether oxygens (including phenoxy) is 2. The van der Waals surface area contributed by atoms with Crippen LogP contribution in [-0.2, 0) is 23.1 Å².